The predicted octanol–water partition coefficient (Wildman–Crippen LogP) is 1.51. The number of carbonyl (C=O) groups is 1. The molecule has 11 heavy (non-hydrogen) atoms. The van der Waals surface area contributed by atoms with Gasteiger partial charge in [-0.1, -0.05) is 0 Å². The molecule has 0 aromatic rings. The SMILES string of the molecule is O=C(O)C12CC3CC(C1)C2C3. The first kappa shape index (κ1) is 6.04. The summed E-state index contributed by atoms with van der Waals surface area (Å²) in [6.45, 7) is 0. The summed E-state index contributed by atoms with van der Waals surface area (Å²) in [4.78, 5) is 11.0. The quantitative estimate of drug-likeness (QED) is 0.618. The second-order valence-electron chi connectivity index (χ2n) is 4.57. The van der Waals surface area contributed by atoms with Gasteiger partial charge in [-0.15, -0.1) is 0 Å². The Labute approximate surface area is 65.6 Å². The molecule has 0 radical (unpaired) electrons. The molecule has 1 N–H and O–H groups in total. The molecule has 4 unspecified atom stereocenters. The second kappa shape index (κ2) is 1.47. The standard InChI is InChI=1S/C9H12O2/c10-8(11)9-3-5-1-6(4-9)7(9)2-5/h5-7H,1-4H2,(H,10,11). The molecule has 3 aliphatic carbocycles. The minimum atomic E-state index is -0.513. The minimum Gasteiger partial charge on any atom is -0.481 e. The predicted molar refractivity (Wildman–Crippen MR) is 39.0 cm³/mol. The molecule has 2 heteroatoms. The molecular weight excluding hydrogens is 140 g/mol. The van der Waals surface area contributed by atoms with Crippen molar-refractivity contribution < 1.29 is 9.90 Å². The molecule has 0 heterocycles. The van der Waals surface area contributed by atoms with Crippen molar-refractivity contribution in [3.05, 3.63) is 0 Å². The Bertz CT molecular complexity index is 236. The summed E-state index contributed by atoms with van der Waals surface area (Å²) in [7, 11) is 0. The molecule has 0 amide bonds. The zero-order valence-electron chi connectivity index (χ0n) is 6.42. The summed E-state index contributed by atoms with van der Waals surface area (Å²) in [5, 5.41) is 9.03. The van der Waals surface area contributed by atoms with Gasteiger partial charge in [0.15, 0.2) is 0 Å². The van der Waals surface area contributed by atoms with Crippen molar-refractivity contribution in [2.45, 2.75) is 25.7 Å². The molecule has 0 aromatic heterocycles. The largest absolute Gasteiger partial charge is 0.481 e. The number of rotatable bonds is 1. The van der Waals surface area contributed by atoms with Crippen LogP contribution in [0, 0.1) is 23.2 Å². The second-order valence-corrected chi connectivity index (χ2v) is 4.57. The van der Waals surface area contributed by atoms with E-state index in [2.05, 4.69) is 0 Å². The van der Waals surface area contributed by atoms with Gasteiger partial charge in [0.2, 0.25) is 0 Å². The van der Waals surface area contributed by atoms with Crippen LogP contribution in [0.15, 0.2) is 0 Å². The number of hydrogen-bond acceptors (Lipinski definition) is 1. The number of hydrogen-bond donors (Lipinski definition) is 1. The number of carboxylic acids is 1. The average molecular weight is 152 g/mol. The van der Waals surface area contributed by atoms with Crippen LogP contribution in [0.25, 0.3) is 0 Å². The number of fused-ring (bicyclic) bond motifs is 1. The zero-order valence-corrected chi connectivity index (χ0v) is 6.42. The van der Waals surface area contributed by atoms with E-state index in [0.29, 0.717) is 5.92 Å². The van der Waals surface area contributed by atoms with Gasteiger partial charge in [-0.05, 0) is 43.4 Å². The van der Waals surface area contributed by atoms with E-state index < -0.39 is 5.97 Å². The fourth-order valence-corrected chi connectivity index (χ4v) is 3.85. The van der Waals surface area contributed by atoms with Crippen LogP contribution < -0.4 is 0 Å². The lowest BCUT2D eigenvalue weighted by Gasteiger charge is -2.50. The summed E-state index contributed by atoms with van der Waals surface area (Å²) in [6.07, 6.45) is 4.53. The Kier molecular flexibility index (Phi) is 0.809. The molecule has 0 saturated heterocycles. The number of carboxylic acid groups (broad SMARTS) is 1. The Hall–Kier alpha value is -0.530. The molecule has 0 aliphatic heterocycles. The first-order valence-corrected chi connectivity index (χ1v) is 4.46. The normalized spacial score (nSPS) is 57.6. The minimum absolute atomic E-state index is 0.229. The smallest absolute Gasteiger partial charge is 0.309 e. The third-order valence-corrected chi connectivity index (χ3v) is 4.21. The maximum absolute atomic E-state index is 11.0. The van der Waals surface area contributed by atoms with Crippen molar-refractivity contribution in [1.29, 1.82) is 0 Å². The van der Waals surface area contributed by atoms with Crippen LogP contribution in [0.3, 0.4) is 0 Å². The van der Waals surface area contributed by atoms with Gasteiger partial charge in [0, 0.05) is 0 Å². The lowest BCUT2D eigenvalue weighted by Crippen LogP contribution is -2.51. The molecule has 3 rings (SSSR count). The first-order valence-electron chi connectivity index (χ1n) is 4.46. The summed E-state index contributed by atoms with van der Waals surface area (Å²) in [6, 6.07) is 0. The zero-order chi connectivity index (χ0) is 7.64. The van der Waals surface area contributed by atoms with Gasteiger partial charge in [0.05, 0.1) is 5.41 Å². The van der Waals surface area contributed by atoms with Gasteiger partial charge in [-0.3, -0.25) is 4.79 Å². The van der Waals surface area contributed by atoms with E-state index in [1.54, 1.807) is 0 Å². The van der Waals surface area contributed by atoms with Crippen LogP contribution >= 0.6 is 0 Å². The Morgan fingerprint density at radius 1 is 1.36 bits per heavy atom. The van der Waals surface area contributed by atoms with Gasteiger partial charge in [0.1, 0.15) is 0 Å². The molecule has 3 fully saturated rings. The van der Waals surface area contributed by atoms with Crippen LogP contribution in [0.4, 0.5) is 0 Å². The third kappa shape index (κ3) is 0.472. The maximum Gasteiger partial charge on any atom is 0.309 e. The van der Waals surface area contributed by atoms with Crippen LogP contribution in [0.2, 0.25) is 0 Å². The van der Waals surface area contributed by atoms with Gasteiger partial charge < -0.3 is 5.11 Å². The van der Waals surface area contributed by atoms with Crippen LogP contribution in [-0.4, -0.2) is 11.1 Å². The molecule has 4 atom stereocenters. The highest BCUT2D eigenvalue weighted by atomic mass is 16.4. The lowest BCUT2D eigenvalue weighted by molar-refractivity contribution is -0.167. The molecule has 60 valence electrons. The lowest BCUT2D eigenvalue weighted by atomic mass is 9.53. The molecule has 0 spiro atoms. The van der Waals surface area contributed by atoms with E-state index in [4.69, 9.17) is 5.11 Å². The van der Waals surface area contributed by atoms with Crippen molar-refractivity contribution in [2.24, 2.45) is 23.2 Å². The highest BCUT2D eigenvalue weighted by molar-refractivity contribution is 5.77. The molecule has 3 aliphatic rings. The van der Waals surface area contributed by atoms with Gasteiger partial charge in [-0.2, -0.15) is 0 Å². The molecule has 2 nitrogen and oxygen atoms in total. The summed E-state index contributed by atoms with van der Waals surface area (Å²) < 4.78 is 0. The van der Waals surface area contributed by atoms with E-state index in [1.807, 2.05) is 0 Å². The van der Waals surface area contributed by atoms with E-state index in [0.717, 1.165) is 24.7 Å². The van der Waals surface area contributed by atoms with Crippen molar-refractivity contribution in [3.8, 4) is 0 Å². The van der Waals surface area contributed by atoms with Crippen LogP contribution in [-0.2, 0) is 4.79 Å². The molecular formula is C9H12O2. The van der Waals surface area contributed by atoms with Crippen molar-refractivity contribution in [3.63, 3.8) is 0 Å². The maximum atomic E-state index is 11.0. The number of aliphatic carboxylic acids is 1. The van der Waals surface area contributed by atoms with Gasteiger partial charge >= 0.3 is 5.97 Å². The van der Waals surface area contributed by atoms with Crippen LogP contribution in [0.5, 0.6) is 0 Å². The van der Waals surface area contributed by atoms with Crippen LogP contribution in [0.1, 0.15) is 25.7 Å². The van der Waals surface area contributed by atoms with Gasteiger partial charge in [-0.25, -0.2) is 0 Å². The molecule has 2 bridgehead atoms. The summed E-state index contributed by atoms with van der Waals surface area (Å²) in [5.74, 6) is 1.63. The van der Waals surface area contributed by atoms with Crippen molar-refractivity contribution >= 4 is 5.97 Å². The fourth-order valence-electron chi connectivity index (χ4n) is 3.85. The fraction of sp³-hybridized carbons (Fsp3) is 0.889. The topological polar surface area (TPSA) is 37.3 Å². The van der Waals surface area contributed by atoms with Gasteiger partial charge in [0.25, 0.3) is 0 Å². The van der Waals surface area contributed by atoms with E-state index in [1.165, 1.54) is 12.8 Å². The van der Waals surface area contributed by atoms with E-state index >= 15 is 0 Å². The van der Waals surface area contributed by atoms with Crippen molar-refractivity contribution in [1.82, 2.24) is 0 Å². The highest BCUT2D eigenvalue weighted by Crippen LogP contribution is 2.70. The monoisotopic (exact) mass is 152 g/mol. The Morgan fingerprint density at radius 3 is 2.55 bits per heavy atom. The first-order chi connectivity index (χ1) is 5.22. The highest BCUT2D eigenvalue weighted by Gasteiger charge is 2.67. The van der Waals surface area contributed by atoms with Crippen molar-refractivity contribution in [2.75, 3.05) is 0 Å². The molecule has 3 saturated carbocycles. The Balaban J connectivity index is 1.99. The summed E-state index contributed by atoms with van der Waals surface area (Å²) in [5.41, 5.74) is -0.229. The third-order valence-electron chi connectivity index (χ3n) is 4.21. The average Bonchev–Trinajstić information content (AvgIpc) is 2.41. The Morgan fingerprint density at radius 2 is 2.18 bits per heavy atom. The van der Waals surface area contributed by atoms with E-state index in [9.17, 15) is 4.79 Å². The molecule has 0 aromatic carbocycles. The van der Waals surface area contributed by atoms with E-state index in [-0.39, 0.29) is 5.41 Å². The summed E-state index contributed by atoms with van der Waals surface area (Å²) >= 11 is 0.